The minimum atomic E-state index is -1.50. The van der Waals surface area contributed by atoms with Gasteiger partial charge in [0.25, 0.3) is 0 Å². The van der Waals surface area contributed by atoms with Crippen LogP contribution in [0.3, 0.4) is 0 Å². The molecule has 2 aromatic carbocycles. The molecule has 4 aliphatic rings. The number of hydrogen-bond donors (Lipinski definition) is 9. The van der Waals surface area contributed by atoms with E-state index in [1.54, 1.807) is 17.3 Å². The van der Waals surface area contributed by atoms with Crippen molar-refractivity contribution in [3.8, 4) is 5.75 Å². The fourth-order valence-corrected chi connectivity index (χ4v) is 9.34. The molecule has 7 atom stereocenters. The van der Waals surface area contributed by atoms with Gasteiger partial charge in [-0.3, -0.25) is 19.9 Å². The van der Waals surface area contributed by atoms with E-state index in [4.69, 9.17) is 4.74 Å². The molecule has 3 saturated heterocycles. The van der Waals surface area contributed by atoms with Crippen LogP contribution in [0.2, 0.25) is 0 Å². The van der Waals surface area contributed by atoms with E-state index in [9.17, 15) is 39.9 Å². The second-order valence-electron chi connectivity index (χ2n) is 17.6. The van der Waals surface area contributed by atoms with Crippen molar-refractivity contribution in [2.45, 2.75) is 101 Å². The number of ether oxygens (including phenoxy) is 1. The topological polar surface area (TPSA) is 236 Å². The van der Waals surface area contributed by atoms with Crippen molar-refractivity contribution in [1.82, 2.24) is 35.6 Å². The van der Waals surface area contributed by atoms with Crippen molar-refractivity contribution in [1.29, 1.82) is 0 Å². The first-order chi connectivity index (χ1) is 31.3. The summed E-state index contributed by atoms with van der Waals surface area (Å²) in [4.78, 5) is 54.3. The Bertz CT molecular complexity index is 2100. The maximum atomic E-state index is 14.6. The number of carbonyl (C=O) groups is 3. The molecular formula is C46H64BN9O9. The number of pyridine rings is 1. The van der Waals surface area contributed by atoms with Crippen molar-refractivity contribution < 1.29 is 44.7 Å². The highest BCUT2D eigenvalue weighted by Gasteiger charge is 2.43. The quantitative estimate of drug-likeness (QED) is 0.0599. The van der Waals surface area contributed by atoms with Crippen molar-refractivity contribution in [3.05, 3.63) is 90.0 Å². The first-order valence-corrected chi connectivity index (χ1v) is 22.7. The Balaban J connectivity index is 1.03. The smallest absolute Gasteiger partial charge is 0.322 e. The minimum Gasteiger partial charge on any atom is -0.508 e. The van der Waals surface area contributed by atoms with E-state index < -0.39 is 49.3 Å². The van der Waals surface area contributed by atoms with E-state index >= 15 is 0 Å². The van der Waals surface area contributed by atoms with Gasteiger partial charge in [-0.15, -0.1) is 0 Å². The highest BCUT2D eigenvalue weighted by atomic mass is 16.6. The van der Waals surface area contributed by atoms with Gasteiger partial charge >= 0.3 is 6.03 Å². The lowest BCUT2D eigenvalue weighted by Gasteiger charge is -2.42. The number of piperazine rings is 1. The van der Waals surface area contributed by atoms with Gasteiger partial charge in [-0.25, -0.2) is 4.79 Å². The van der Waals surface area contributed by atoms with Crippen LogP contribution in [0, 0.1) is 6.92 Å². The summed E-state index contributed by atoms with van der Waals surface area (Å²) in [7, 11) is 1.81. The van der Waals surface area contributed by atoms with Crippen LogP contribution >= 0.6 is 0 Å². The predicted molar refractivity (Wildman–Crippen MR) is 247 cm³/mol. The molecule has 0 radical (unpaired) electrons. The number of amides is 4. The number of aliphatic hydroxyl groups is 4. The van der Waals surface area contributed by atoms with Gasteiger partial charge in [-0.1, -0.05) is 36.9 Å². The van der Waals surface area contributed by atoms with Crippen molar-refractivity contribution in [2.75, 3.05) is 62.6 Å². The number of rotatable bonds is 17. The lowest BCUT2D eigenvalue weighted by atomic mass is 9.89. The maximum Gasteiger partial charge on any atom is 0.322 e. The largest absolute Gasteiger partial charge is 0.508 e. The number of unbranched alkanes of at least 4 members (excludes halogenated alkanes) is 1. The van der Waals surface area contributed by atoms with Crippen LogP contribution in [0.25, 0.3) is 0 Å². The van der Waals surface area contributed by atoms with Gasteiger partial charge in [0.05, 0.1) is 12.4 Å². The Morgan fingerprint density at radius 1 is 0.938 bits per heavy atom. The third-order valence-electron chi connectivity index (χ3n) is 13.2. The summed E-state index contributed by atoms with van der Waals surface area (Å²) in [5, 5.41) is 63.7. The first kappa shape index (κ1) is 47.5. The molecule has 3 fully saturated rings. The molecule has 3 unspecified atom stereocenters. The molecule has 0 aliphatic carbocycles. The summed E-state index contributed by atoms with van der Waals surface area (Å²) < 4.78 is 5.59. The number of aromatic nitrogens is 1. The number of aliphatic hydroxyl groups excluding tert-OH is 4. The normalized spacial score (nSPS) is 23.6. The van der Waals surface area contributed by atoms with Crippen LogP contribution in [0.4, 0.5) is 16.2 Å². The fraction of sp³-hybridized carbons (Fsp3) is 0.522. The van der Waals surface area contributed by atoms with E-state index in [2.05, 4.69) is 42.6 Å². The number of hydrogen-bond acceptors (Lipinski definition) is 14. The second-order valence-corrected chi connectivity index (χ2v) is 17.6. The number of piperidine rings is 1. The standard InChI is InChI=1S/C46H64BN9O9/c1-28-23-30(24-34(47)39(28)58)25-37(50-29(2)53-17-12-33(13-18-53)56-26-31-7-3-4-8-35(31)52-46(56)64)43(62)51-36(45(63)55-21-19-54(20-22-55)32-10-15-48-16-11-32)9-5-6-14-49-44-42(61)41(60)40(59)38(27-57)65-44/h3-4,7-8,10-11,15-16,23-24,33,36-38,40-42,44,49-50,57-61H,2,5-6,9,12-14,17-22,25-27,47H2,1H3,(H,51,62)(H,52,64)/t36-,37+,38+,40?,41?,42?,44-/m0/s1. The molecule has 0 bridgehead atoms. The van der Waals surface area contributed by atoms with Crippen molar-refractivity contribution in [2.24, 2.45) is 0 Å². The average molecular weight is 898 g/mol. The number of nitrogens with one attached hydrogen (secondary N) is 4. The summed E-state index contributed by atoms with van der Waals surface area (Å²) in [6.45, 7) is 9.84. The Kier molecular flexibility index (Phi) is 15.9. The number of carbonyl (C=O) groups excluding carboxylic acids is 3. The highest BCUT2D eigenvalue weighted by molar-refractivity contribution is 6.34. The summed E-state index contributed by atoms with van der Waals surface area (Å²) in [6, 6.07) is 13.6. The van der Waals surface area contributed by atoms with Crippen LogP contribution < -0.4 is 31.6 Å². The van der Waals surface area contributed by atoms with Gasteiger partial charge < -0.3 is 65.8 Å². The molecule has 3 aromatic rings. The summed E-state index contributed by atoms with van der Waals surface area (Å²) >= 11 is 0. The van der Waals surface area contributed by atoms with Gasteiger partial charge in [-0.2, -0.15) is 0 Å². The van der Waals surface area contributed by atoms with E-state index in [-0.39, 0.29) is 36.1 Å². The van der Waals surface area contributed by atoms with Gasteiger partial charge in [-0.05, 0) is 85.9 Å². The number of phenolic OH excluding ortho intramolecular Hbond substituents is 1. The number of benzene rings is 2. The van der Waals surface area contributed by atoms with E-state index in [1.807, 2.05) is 68.2 Å². The lowest BCUT2D eigenvalue weighted by Crippen LogP contribution is -2.62. The summed E-state index contributed by atoms with van der Waals surface area (Å²) in [5.41, 5.74) is 5.11. The summed E-state index contributed by atoms with van der Waals surface area (Å²) in [5.74, 6) is 0.159. The Morgan fingerprint density at radius 2 is 1.66 bits per heavy atom. The lowest BCUT2D eigenvalue weighted by molar-refractivity contribution is -0.236. The zero-order valence-electron chi connectivity index (χ0n) is 37.3. The molecule has 19 heteroatoms. The minimum absolute atomic E-state index is 0.0280. The van der Waals surface area contributed by atoms with Crippen LogP contribution in [0.1, 0.15) is 48.8 Å². The predicted octanol–water partition coefficient (Wildman–Crippen LogP) is -0.769. The number of aryl methyl sites for hydroxylation is 1. The molecule has 7 rings (SSSR count). The Labute approximate surface area is 381 Å². The molecule has 18 nitrogen and oxygen atoms in total. The zero-order chi connectivity index (χ0) is 46.2. The molecule has 1 aromatic heterocycles. The average Bonchev–Trinajstić information content (AvgIpc) is 3.32. The van der Waals surface area contributed by atoms with Crippen molar-refractivity contribution >= 4 is 42.5 Å². The number of likely N-dealkylation sites (tertiary alicyclic amines) is 1. The van der Waals surface area contributed by atoms with Crippen molar-refractivity contribution in [3.63, 3.8) is 0 Å². The molecule has 4 aliphatic heterocycles. The number of nitrogens with zero attached hydrogens (tertiary/aromatic N) is 5. The molecule has 0 spiro atoms. The first-order valence-electron chi connectivity index (χ1n) is 22.7. The monoisotopic (exact) mass is 897 g/mol. The SMILES string of the molecule is Bc1cc(C[C@@H](NC(=C)N2CCC(N3Cc4ccccc4NC3=O)CC2)C(=O)N[C@@H](CCCCN[C@H]2O[C@H](CO)C(O)C(O)C2O)C(=O)N2CCN(c3ccncc3)CC2)cc(C)c1O. The zero-order valence-corrected chi connectivity index (χ0v) is 37.3. The Morgan fingerprint density at radius 3 is 2.37 bits per heavy atom. The van der Waals surface area contributed by atoms with Crippen LogP contribution in [0.5, 0.6) is 5.75 Å². The number of aromatic hydroxyl groups is 1. The third-order valence-corrected chi connectivity index (χ3v) is 13.2. The number of anilines is 2. The molecule has 9 N–H and O–H groups in total. The van der Waals surface area contributed by atoms with Crippen LogP contribution in [0.15, 0.2) is 73.3 Å². The number of fused-ring (bicyclic) bond motifs is 1. The molecule has 0 saturated carbocycles. The molecule has 65 heavy (non-hydrogen) atoms. The molecule has 5 heterocycles. The van der Waals surface area contributed by atoms with Gasteiger partial charge in [0.1, 0.15) is 56.3 Å². The highest BCUT2D eigenvalue weighted by Crippen LogP contribution is 2.29. The van der Waals surface area contributed by atoms with Crippen LogP contribution in [-0.2, 0) is 27.3 Å². The molecule has 4 amide bonds. The number of phenols is 1. The fourth-order valence-electron chi connectivity index (χ4n) is 9.34. The molecular weight excluding hydrogens is 833 g/mol. The summed E-state index contributed by atoms with van der Waals surface area (Å²) in [6.07, 6.45) is -0.0178. The maximum absolute atomic E-state index is 14.6. The van der Waals surface area contributed by atoms with E-state index in [0.717, 1.165) is 22.5 Å². The van der Waals surface area contributed by atoms with E-state index in [0.29, 0.717) is 101 Å². The van der Waals surface area contributed by atoms with Gasteiger partial charge in [0.2, 0.25) is 11.8 Å². The Hall–Kier alpha value is -5.44. The van der Waals surface area contributed by atoms with Crippen LogP contribution in [-0.4, -0.2) is 172 Å². The van der Waals surface area contributed by atoms with Gasteiger partial charge in [0.15, 0.2) is 0 Å². The number of para-hydroxylation sites is 1. The third kappa shape index (κ3) is 11.5. The second kappa shape index (κ2) is 21.7. The van der Waals surface area contributed by atoms with E-state index in [1.165, 1.54) is 0 Å². The molecule has 350 valence electrons. The number of urea groups is 1. The van der Waals surface area contributed by atoms with Gasteiger partial charge in [0, 0.05) is 82.0 Å².